The Morgan fingerprint density at radius 3 is 2.69 bits per heavy atom. The van der Waals surface area contributed by atoms with Gasteiger partial charge in [0.25, 0.3) is 0 Å². The predicted octanol–water partition coefficient (Wildman–Crippen LogP) is 2.63. The number of hydrogen-bond donors (Lipinski definition) is 0. The summed E-state index contributed by atoms with van der Waals surface area (Å²) in [5.41, 5.74) is 2.77. The third-order valence-corrected chi connectivity index (χ3v) is 6.30. The van der Waals surface area contributed by atoms with Gasteiger partial charge >= 0.3 is 0 Å². The standard InChI is InChI=1S/C24H30N4O4/c1-16-20-14-22(30)28(15-17-5-4-6-19(13-17)32-3)24(20)26-23(25-16)18-7-10-27(11-8-18)21(29)9-12-31-2/h4-6,13,18H,7-12,14-15H2,1-3H3. The highest BCUT2D eigenvalue weighted by Crippen LogP contribution is 2.34. The van der Waals surface area contributed by atoms with Crippen LogP contribution in [0.1, 0.15) is 47.8 Å². The molecule has 2 aromatic rings. The second kappa shape index (κ2) is 9.65. The number of rotatable bonds is 7. The second-order valence-electron chi connectivity index (χ2n) is 8.38. The van der Waals surface area contributed by atoms with Crippen LogP contribution in [0.3, 0.4) is 0 Å². The summed E-state index contributed by atoms with van der Waals surface area (Å²) < 4.78 is 10.3. The third kappa shape index (κ3) is 4.60. The van der Waals surface area contributed by atoms with E-state index in [1.165, 1.54) is 0 Å². The van der Waals surface area contributed by atoms with Crippen molar-refractivity contribution in [2.75, 3.05) is 38.8 Å². The number of methoxy groups -OCH3 is 2. The topological polar surface area (TPSA) is 84.9 Å². The van der Waals surface area contributed by atoms with Gasteiger partial charge in [-0.1, -0.05) is 12.1 Å². The van der Waals surface area contributed by atoms with Gasteiger partial charge in [-0.3, -0.25) is 14.5 Å². The van der Waals surface area contributed by atoms with Gasteiger partial charge < -0.3 is 14.4 Å². The number of aryl methyl sites for hydroxylation is 1. The fourth-order valence-electron chi connectivity index (χ4n) is 4.43. The summed E-state index contributed by atoms with van der Waals surface area (Å²) in [6.45, 7) is 4.24. The molecule has 2 aliphatic heterocycles. The predicted molar refractivity (Wildman–Crippen MR) is 120 cm³/mol. The molecule has 0 N–H and O–H groups in total. The highest BCUT2D eigenvalue weighted by Gasteiger charge is 2.33. The van der Waals surface area contributed by atoms with E-state index < -0.39 is 0 Å². The Morgan fingerprint density at radius 2 is 1.97 bits per heavy atom. The van der Waals surface area contributed by atoms with Crippen molar-refractivity contribution in [2.24, 2.45) is 0 Å². The van der Waals surface area contributed by atoms with E-state index >= 15 is 0 Å². The number of benzene rings is 1. The van der Waals surface area contributed by atoms with Crippen LogP contribution in [0.2, 0.25) is 0 Å². The van der Waals surface area contributed by atoms with Gasteiger partial charge in [-0.05, 0) is 37.5 Å². The van der Waals surface area contributed by atoms with Crippen LogP contribution >= 0.6 is 0 Å². The van der Waals surface area contributed by atoms with Gasteiger partial charge in [-0.15, -0.1) is 0 Å². The van der Waals surface area contributed by atoms with Gasteiger partial charge in [0.2, 0.25) is 11.8 Å². The van der Waals surface area contributed by atoms with E-state index in [2.05, 4.69) is 0 Å². The molecule has 0 bridgehead atoms. The van der Waals surface area contributed by atoms with Gasteiger partial charge in [0.15, 0.2) is 0 Å². The zero-order valence-electron chi connectivity index (χ0n) is 19.0. The Morgan fingerprint density at radius 1 is 1.19 bits per heavy atom. The zero-order chi connectivity index (χ0) is 22.7. The van der Waals surface area contributed by atoms with Crippen molar-refractivity contribution < 1.29 is 19.1 Å². The van der Waals surface area contributed by atoms with Crippen LogP contribution in [-0.2, 0) is 27.3 Å². The lowest BCUT2D eigenvalue weighted by Crippen LogP contribution is -2.38. The number of anilines is 1. The number of aromatic nitrogens is 2. The van der Waals surface area contributed by atoms with Crippen molar-refractivity contribution in [3.63, 3.8) is 0 Å². The maximum absolute atomic E-state index is 12.8. The molecule has 170 valence electrons. The molecule has 1 fully saturated rings. The molecule has 0 spiro atoms. The fourth-order valence-corrected chi connectivity index (χ4v) is 4.43. The highest BCUT2D eigenvalue weighted by atomic mass is 16.5. The molecule has 0 unspecified atom stereocenters. The van der Waals surface area contributed by atoms with Gasteiger partial charge in [0.05, 0.1) is 33.1 Å². The van der Waals surface area contributed by atoms with E-state index in [0.29, 0.717) is 39.1 Å². The van der Waals surface area contributed by atoms with E-state index in [1.807, 2.05) is 36.1 Å². The van der Waals surface area contributed by atoms with E-state index in [-0.39, 0.29) is 17.7 Å². The number of ether oxygens (including phenoxy) is 2. The summed E-state index contributed by atoms with van der Waals surface area (Å²) in [6, 6.07) is 7.74. The Balaban J connectivity index is 1.51. The van der Waals surface area contributed by atoms with E-state index in [9.17, 15) is 9.59 Å². The number of carbonyl (C=O) groups excluding carboxylic acids is 2. The van der Waals surface area contributed by atoms with E-state index in [4.69, 9.17) is 19.4 Å². The SMILES string of the molecule is COCCC(=O)N1CCC(c2nc(C)c3c(n2)N(Cc2cccc(OC)c2)C(=O)C3)CC1. The first-order chi connectivity index (χ1) is 15.5. The maximum atomic E-state index is 12.8. The number of piperidine rings is 1. The molecule has 1 saturated heterocycles. The number of amides is 2. The average molecular weight is 439 g/mol. The second-order valence-corrected chi connectivity index (χ2v) is 8.38. The first-order valence-corrected chi connectivity index (χ1v) is 11.1. The largest absolute Gasteiger partial charge is 0.497 e. The lowest BCUT2D eigenvalue weighted by atomic mass is 9.95. The first-order valence-electron chi connectivity index (χ1n) is 11.1. The molecular formula is C24H30N4O4. The molecule has 8 nitrogen and oxygen atoms in total. The summed E-state index contributed by atoms with van der Waals surface area (Å²) in [7, 11) is 3.24. The maximum Gasteiger partial charge on any atom is 0.233 e. The summed E-state index contributed by atoms with van der Waals surface area (Å²) in [5, 5.41) is 0. The molecule has 8 heteroatoms. The minimum absolute atomic E-state index is 0.0379. The summed E-state index contributed by atoms with van der Waals surface area (Å²) >= 11 is 0. The minimum Gasteiger partial charge on any atom is -0.497 e. The van der Waals surface area contributed by atoms with Crippen molar-refractivity contribution in [3.8, 4) is 5.75 Å². The highest BCUT2D eigenvalue weighted by molar-refractivity contribution is 6.00. The summed E-state index contributed by atoms with van der Waals surface area (Å²) in [5.74, 6) is 2.61. The molecule has 1 aromatic heterocycles. The smallest absolute Gasteiger partial charge is 0.233 e. The van der Waals surface area contributed by atoms with Crippen molar-refractivity contribution in [3.05, 3.63) is 46.9 Å². The number of nitrogens with zero attached hydrogens (tertiary/aromatic N) is 4. The molecule has 2 amide bonds. The van der Waals surface area contributed by atoms with Gasteiger partial charge in [0.1, 0.15) is 17.4 Å². The minimum atomic E-state index is 0.0379. The van der Waals surface area contributed by atoms with Crippen LogP contribution in [0.5, 0.6) is 5.75 Å². The van der Waals surface area contributed by atoms with Crippen LogP contribution < -0.4 is 9.64 Å². The fraction of sp³-hybridized carbons (Fsp3) is 0.500. The van der Waals surface area contributed by atoms with Crippen LogP contribution in [-0.4, -0.2) is 60.6 Å². The van der Waals surface area contributed by atoms with Gasteiger partial charge in [0, 0.05) is 37.4 Å². The normalized spacial score (nSPS) is 16.4. The lowest BCUT2D eigenvalue weighted by Gasteiger charge is -2.31. The molecule has 32 heavy (non-hydrogen) atoms. The monoisotopic (exact) mass is 438 g/mol. The lowest BCUT2D eigenvalue weighted by molar-refractivity contribution is -0.133. The van der Waals surface area contributed by atoms with Crippen molar-refractivity contribution in [1.82, 2.24) is 14.9 Å². The average Bonchev–Trinajstić information content (AvgIpc) is 3.13. The molecule has 4 rings (SSSR count). The molecular weight excluding hydrogens is 408 g/mol. The number of likely N-dealkylation sites (tertiary alicyclic amines) is 1. The molecule has 0 radical (unpaired) electrons. The molecule has 0 atom stereocenters. The van der Waals surface area contributed by atoms with Crippen molar-refractivity contribution >= 4 is 17.6 Å². The van der Waals surface area contributed by atoms with Crippen LogP contribution in [0.25, 0.3) is 0 Å². The molecule has 0 aliphatic carbocycles. The first kappa shape index (κ1) is 22.2. The Labute approximate surface area is 188 Å². The Kier molecular flexibility index (Phi) is 6.69. The van der Waals surface area contributed by atoms with Crippen LogP contribution in [0.4, 0.5) is 5.82 Å². The van der Waals surface area contributed by atoms with Crippen LogP contribution in [0.15, 0.2) is 24.3 Å². The zero-order valence-corrected chi connectivity index (χ0v) is 19.0. The van der Waals surface area contributed by atoms with Gasteiger partial charge in [-0.25, -0.2) is 9.97 Å². The number of carbonyl (C=O) groups is 2. The Hall–Kier alpha value is -3.00. The number of hydrogen-bond acceptors (Lipinski definition) is 6. The van der Waals surface area contributed by atoms with E-state index in [1.54, 1.807) is 19.1 Å². The molecule has 1 aromatic carbocycles. The quantitative estimate of drug-likeness (QED) is 0.661. The molecule has 3 heterocycles. The van der Waals surface area contributed by atoms with Crippen LogP contribution in [0, 0.1) is 6.92 Å². The summed E-state index contributed by atoms with van der Waals surface area (Å²) in [6.07, 6.45) is 2.39. The van der Waals surface area contributed by atoms with Crippen molar-refractivity contribution in [1.29, 1.82) is 0 Å². The summed E-state index contributed by atoms with van der Waals surface area (Å²) in [4.78, 5) is 38.4. The van der Waals surface area contributed by atoms with Crippen molar-refractivity contribution in [2.45, 2.75) is 45.1 Å². The third-order valence-electron chi connectivity index (χ3n) is 6.30. The molecule has 2 aliphatic rings. The van der Waals surface area contributed by atoms with Gasteiger partial charge in [-0.2, -0.15) is 0 Å². The number of fused-ring (bicyclic) bond motifs is 1. The molecule has 0 saturated carbocycles. The Bertz CT molecular complexity index is 1000. The van der Waals surface area contributed by atoms with E-state index in [0.717, 1.165) is 47.1 Å².